The molecular weight excluding hydrogens is 400 g/mol. The molecule has 10 nitrogen and oxygen atoms in total. The van der Waals surface area contributed by atoms with Crippen molar-refractivity contribution in [1.29, 1.82) is 0 Å². The second kappa shape index (κ2) is 4.69. The van der Waals surface area contributed by atoms with E-state index in [1.807, 2.05) is 20.8 Å². The first kappa shape index (κ1) is 19.0. The number of fused-ring (bicyclic) bond motifs is 1. The van der Waals surface area contributed by atoms with E-state index in [4.69, 9.17) is 18.9 Å². The molecule has 0 amide bonds. The van der Waals surface area contributed by atoms with Gasteiger partial charge >= 0.3 is 17.9 Å². The molecule has 2 spiro atoms. The van der Waals surface area contributed by atoms with E-state index in [0.29, 0.717) is 0 Å². The average Bonchev–Trinajstić information content (AvgIpc) is 3.32. The predicted octanol–water partition coefficient (Wildman–Crippen LogP) is -1.37. The summed E-state index contributed by atoms with van der Waals surface area (Å²) in [6.45, 7) is 6.97. The number of hydrogen-bond donors (Lipinski definition) is 3. The number of aliphatic hydroxyl groups excluding tert-OH is 2. The van der Waals surface area contributed by atoms with Crippen LogP contribution in [0.4, 0.5) is 0 Å². The second-order valence-electron chi connectivity index (χ2n) is 10.7. The Bertz CT molecular complexity index is 925. The fourth-order valence-corrected chi connectivity index (χ4v) is 8.22. The lowest BCUT2D eigenvalue weighted by Crippen LogP contribution is -2.66. The Kier molecular flexibility index (Phi) is 2.97. The Hall–Kier alpha value is -1.75. The summed E-state index contributed by atoms with van der Waals surface area (Å²) >= 11 is 0. The Labute approximate surface area is 171 Å². The number of aliphatic hydroxyl groups is 3. The monoisotopic (exact) mass is 424 g/mol. The van der Waals surface area contributed by atoms with Gasteiger partial charge in [0, 0.05) is 12.3 Å². The minimum absolute atomic E-state index is 0.107. The van der Waals surface area contributed by atoms with Crippen LogP contribution in [0, 0.1) is 28.1 Å². The third-order valence-electron chi connectivity index (χ3n) is 8.91. The maximum atomic E-state index is 13.4. The minimum Gasteiger partial charge on any atom is -0.459 e. The molecule has 0 radical (unpaired) electrons. The molecule has 4 heterocycles. The molecule has 0 bridgehead atoms. The van der Waals surface area contributed by atoms with Crippen LogP contribution in [0.15, 0.2) is 0 Å². The van der Waals surface area contributed by atoms with Crippen LogP contribution >= 0.6 is 0 Å². The van der Waals surface area contributed by atoms with Crippen molar-refractivity contribution in [2.45, 2.75) is 76.0 Å². The van der Waals surface area contributed by atoms with E-state index in [2.05, 4.69) is 0 Å². The molecule has 3 N–H and O–H groups in total. The van der Waals surface area contributed by atoms with Gasteiger partial charge in [0.15, 0.2) is 11.7 Å². The normalized spacial score (nSPS) is 60.1. The van der Waals surface area contributed by atoms with Crippen molar-refractivity contribution in [3.05, 3.63) is 0 Å². The molecule has 6 rings (SSSR count). The lowest BCUT2D eigenvalue weighted by Gasteiger charge is -2.46. The number of ether oxygens (including phenoxy) is 4. The molecular formula is C20H24O10. The highest BCUT2D eigenvalue weighted by atomic mass is 16.8. The van der Waals surface area contributed by atoms with Crippen LogP contribution in [-0.4, -0.2) is 75.1 Å². The van der Waals surface area contributed by atoms with E-state index >= 15 is 0 Å². The predicted molar refractivity (Wildman–Crippen MR) is 92.0 cm³/mol. The smallest absolute Gasteiger partial charge is 0.342 e. The summed E-state index contributed by atoms with van der Waals surface area (Å²) in [6, 6.07) is 0. The number of hydrogen-bond acceptors (Lipinski definition) is 10. The van der Waals surface area contributed by atoms with Gasteiger partial charge in [0.05, 0.1) is 22.9 Å². The molecule has 0 aromatic rings. The molecule has 0 aromatic heterocycles. The van der Waals surface area contributed by atoms with Gasteiger partial charge in [0.2, 0.25) is 11.9 Å². The summed E-state index contributed by atoms with van der Waals surface area (Å²) in [5, 5.41) is 34.4. The number of rotatable bonds is 0. The third kappa shape index (κ3) is 1.35. The molecule has 6 aliphatic rings. The fraction of sp³-hybridized carbons (Fsp3) is 0.850. The Morgan fingerprint density at radius 1 is 1.03 bits per heavy atom. The molecule has 5 unspecified atom stereocenters. The lowest BCUT2D eigenvalue weighted by atomic mass is 9.51. The van der Waals surface area contributed by atoms with Crippen LogP contribution in [-0.2, 0) is 33.3 Å². The Morgan fingerprint density at radius 2 is 1.70 bits per heavy atom. The van der Waals surface area contributed by atoms with Crippen LogP contribution in [0.1, 0.15) is 34.1 Å². The minimum atomic E-state index is -2.12. The van der Waals surface area contributed by atoms with E-state index in [1.54, 1.807) is 0 Å². The third-order valence-corrected chi connectivity index (χ3v) is 8.91. The first-order valence-electron chi connectivity index (χ1n) is 10.2. The zero-order valence-corrected chi connectivity index (χ0v) is 16.9. The van der Waals surface area contributed by atoms with Crippen molar-refractivity contribution >= 4 is 17.9 Å². The first-order valence-corrected chi connectivity index (χ1v) is 10.2. The summed E-state index contributed by atoms with van der Waals surface area (Å²) < 4.78 is 22.6. The van der Waals surface area contributed by atoms with Crippen molar-refractivity contribution in [1.82, 2.24) is 0 Å². The lowest BCUT2D eigenvalue weighted by molar-refractivity contribution is -0.239. The topological polar surface area (TPSA) is 149 Å². The maximum absolute atomic E-state index is 13.4. The molecule has 6 fully saturated rings. The van der Waals surface area contributed by atoms with Crippen LogP contribution in [0.2, 0.25) is 0 Å². The van der Waals surface area contributed by atoms with Gasteiger partial charge in [-0.3, -0.25) is 4.79 Å². The summed E-state index contributed by atoms with van der Waals surface area (Å²) in [7, 11) is 0. The molecule has 30 heavy (non-hydrogen) atoms. The van der Waals surface area contributed by atoms with Gasteiger partial charge in [-0.15, -0.1) is 0 Å². The van der Waals surface area contributed by atoms with E-state index in [0.717, 1.165) is 0 Å². The van der Waals surface area contributed by atoms with Gasteiger partial charge in [-0.05, 0) is 12.3 Å². The molecule has 4 aliphatic heterocycles. The quantitative estimate of drug-likeness (QED) is 0.314. The number of carbonyl (C=O) groups is 3. The van der Waals surface area contributed by atoms with E-state index in [-0.39, 0.29) is 6.42 Å². The van der Waals surface area contributed by atoms with Crippen molar-refractivity contribution in [2.75, 3.05) is 0 Å². The van der Waals surface area contributed by atoms with E-state index in [9.17, 15) is 29.7 Å². The van der Waals surface area contributed by atoms with Crippen molar-refractivity contribution in [2.24, 2.45) is 28.1 Å². The highest BCUT2D eigenvalue weighted by Gasteiger charge is 3.02. The van der Waals surface area contributed by atoms with Gasteiger partial charge in [-0.25, -0.2) is 9.59 Å². The first-order chi connectivity index (χ1) is 13.8. The second-order valence-corrected chi connectivity index (χ2v) is 10.7. The Morgan fingerprint density at radius 3 is 2.33 bits per heavy atom. The van der Waals surface area contributed by atoms with Gasteiger partial charge in [-0.2, -0.15) is 0 Å². The number of carbonyl (C=O) groups excluding carboxylic acids is 3. The largest absolute Gasteiger partial charge is 0.459 e. The summed E-state index contributed by atoms with van der Waals surface area (Å²) in [6.07, 6.45) is -6.73. The maximum Gasteiger partial charge on any atom is 0.342 e. The SMILES string of the molecule is C[C@@H]1C(=O)O[C@H]2CC34C5OC(=O)C3(OC3OC(=O)[C@H](O)C34[C@H](C(C)(C)C)[C@H]5O)[C@]21O. The van der Waals surface area contributed by atoms with Gasteiger partial charge in [0.1, 0.15) is 12.2 Å². The fourth-order valence-electron chi connectivity index (χ4n) is 8.22. The molecule has 0 aromatic carbocycles. The van der Waals surface area contributed by atoms with Gasteiger partial charge < -0.3 is 34.3 Å². The van der Waals surface area contributed by atoms with Crippen molar-refractivity contribution < 1.29 is 48.7 Å². The van der Waals surface area contributed by atoms with Crippen molar-refractivity contribution in [3.8, 4) is 0 Å². The van der Waals surface area contributed by atoms with Crippen LogP contribution < -0.4 is 0 Å². The van der Waals surface area contributed by atoms with Gasteiger partial charge in [0.25, 0.3) is 0 Å². The molecule has 10 heteroatoms. The Balaban J connectivity index is 1.71. The molecule has 2 saturated carbocycles. The standard InChI is InChI=1S/C20H24O10/c1-6-12(23)27-7-5-17-11-8(21)9(16(2,3)4)18(17)10(22)13(24)29-15(18)30-20(17,14(25)28-11)19(6,7)26/h6-11,15,21-22,26H,5H2,1-4H3/t6-,7+,8-,9+,10+,11?,15?,17?,18?,19-,20?/m1/s1. The average molecular weight is 424 g/mol. The van der Waals surface area contributed by atoms with Gasteiger partial charge in [-0.1, -0.05) is 20.8 Å². The summed E-state index contributed by atoms with van der Waals surface area (Å²) in [4.78, 5) is 38.2. The molecule has 164 valence electrons. The van der Waals surface area contributed by atoms with Crippen LogP contribution in [0.3, 0.4) is 0 Å². The van der Waals surface area contributed by atoms with Crippen LogP contribution in [0.25, 0.3) is 0 Å². The van der Waals surface area contributed by atoms with Crippen molar-refractivity contribution in [3.63, 3.8) is 0 Å². The van der Waals surface area contributed by atoms with E-state index < -0.39 is 87.9 Å². The molecule has 11 atom stereocenters. The number of esters is 3. The van der Waals surface area contributed by atoms with Crippen LogP contribution in [0.5, 0.6) is 0 Å². The zero-order chi connectivity index (χ0) is 21.8. The zero-order valence-electron chi connectivity index (χ0n) is 16.9. The molecule has 4 saturated heterocycles. The highest BCUT2D eigenvalue weighted by molar-refractivity contribution is 5.93. The summed E-state index contributed by atoms with van der Waals surface area (Å²) in [5.41, 5.74) is -7.95. The van der Waals surface area contributed by atoms with E-state index in [1.165, 1.54) is 6.92 Å². The molecule has 2 aliphatic carbocycles. The highest BCUT2D eigenvalue weighted by Crippen LogP contribution is 2.84. The summed E-state index contributed by atoms with van der Waals surface area (Å²) in [5.74, 6) is -4.43.